The Morgan fingerprint density at radius 3 is 2.80 bits per heavy atom. The minimum Gasteiger partial charge on any atom is -0.463 e. The zero-order chi connectivity index (χ0) is 14.7. The van der Waals surface area contributed by atoms with Gasteiger partial charge in [0, 0.05) is 4.90 Å². The van der Waals surface area contributed by atoms with E-state index in [0.29, 0.717) is 5.76 Å². The summed E-state index contributed by atoms with van der Waals surface area (Å²) in [6.07, 6.45) is 0. The van der Waals surface area contributed by atoms with Crippen LogP contribution in [0.1, 0.15) is 28.5 Å². The first-order valence-electron chi connectivity index (χ1n) is 5.91. The number of esters is 1. The normalized spacial score (nSPS) is 12.2. The van der Waals surface area contributed by atoms with Crippen LogP contribution < -0.4 is 5.73 Å². The molecule has 0 aliphatic carbocycles. The van der Waals surface area contributed by atoms with Crippen molar-refractivity contribution in [3.8, 4) is 0 Å². The Bertz CT molecular complexity index is 627. The maximum atomic E-state index is 13.4. The minimum absolute atomic E-state index is 0.0727. The third-order valence-corrected chi connectivity index (χ3v) is 3.81. The highest BCUT2D eigenvalue weighted by atomic mass is 32.2. The van der Waals surface area contributed by atoms with Crippen LogP contribution in [-0.2, 0) is 4.74 Å². The lowest BCUT2D eigenvalue weighted by atomic mass is 10.3. The van der Waals surface area contributed by atoms with Gasteiger partial charge < -0.3 is 14.9 Å². The van der Waals surface area contributed by atoms with Crippen molar-refractivity contribution >= 4 is 23.4 Å². The molecule has 0 radical (unpaired) electrons. The Morgan fingerprint density at radius 1 is 1.40 bits per heavy atom. The number of ether oxygens (including phenoxy) is 1. The van der Waals surface area contributed by atoms with Gasteiger partial charge >= 0.3 is 5.97 Å². The van der Waals surface area contributed by atoms with Gasteiger partial charge in [-0.2, -0.15) is 0 Å². The molecule has 2 rings (SSSR count). The number of rotatable bonds is 4. The van der Waals surface area contributed by atoms with Crippen molar-refractivity contribution in [2.75, 3.05) is 12.8 Å². The minimum atomic E-state index is -0.521. The number of carbonyl (C=O) groups is 1. The van der Waals surface area contributed by atoms with Crippen LogP contribution in [-0.4, -0.2) is 13.1 Å². The SMILES string of the molecule is COC(=O)c1ccc(C(C)Sc2ccc(N)c(F)c2)o1. The fourth-order valence-corrected chi connectivity index (χ4v) is 2.59. The van der Waals surface area contributed by atoms with E-state index in [1.807, 2.05) is 6.92 Å². The Labute approximate surface area is 120 Å². The van der Waals surface area contributed by atoms with E-state index in [1.165, 1.54) is 31.0 Å². The number of nitrogen functional groups attached to an aromatic ring is 1. The molecule has 1 unspecified atom stereocenters. The number of carbonyl (C=O) groups excluding carboxylic acids is 1. The molecule has 2 aromatic rings. The predicted octanol–water partition coefficient (Wildman–Crippen LogP) is 3.64. The average Bonchev–Trinajstić information content (AvgIpc) is 2.92. The quantitative estimate of drug-likeness (QED) is 0.530. The van der Waals surface area contributed by atoms with E-state index in [4.69, 9.17) is 10.2 Å². The Hall–Kier alpha value is -1.95. The number of halogens is 1. The van der Waals surface area contributed by atoms with Gasteiger partial charge in [-0.15, -0.1) is 11.8 Å². The molecule has 6 heteroatoms. The van der Waals surface area contributed by atoms with Crippen molar-refractivity contribution in [1.29, 1.82) is 0 Å². The van der Waals surface area contributed by atoms with Crippen LogP contribution in [0.4, 0.5) is 10.1 Å². The van der Waals surface area contributed by atoms with Crippen molar-refractivity contribution in [2.45, 2.75) is 17.1 Å². The average molecular weight is 295 g/mol. The van der Waals surface area contributed by atoms with Crippen LogP contribution in [0.25, 0.3) is 0 Å². The topological polar surface area (TPSA) is 65.5 Å². The summed E-state index contributed by atoms with van der Waals surface area (Å²) in [5, 5.41) is -0.0727. The fourth-order valence-electron chi connectivity index (χ4n) is 1.62. The number of furan rings is 1. The lowest BCUT2D eigenvalue weighted by molar-refractivity contribution is 0.0563. The molecule has 1 atom stereocenters. The van der Waals surface area contributed by atoms with Crippen LogP contribution in [0.2, 0.25) is 0 Å². The number of thioether (sulfide) groups is 1. The van der Waals surface area contributed by atoms with E-state index in [0.717, 1.165) is 4.90 Å². The van der Waals surface area contributed by atoms with Gasteiger partial charge in [0.15, 0.2) is 0 Å². The predicted molar refractivity (Wildman–Crippen MR) is 75.1 cm³/mol. The van der Waals surface area contributed by atoms with Crippen molar-refractivity contribution in [3.63, 3.8) is 0 Å². The van der Waals surface area contributed by atoms with Gasteiger partial charge in [0.2, 0.25) is 5.76 Å². The van der Waals surface area contributed by atoms with Gasteiger partial charge in [0.25, 0.3) is 0 Å². The van der Waals surface area contributed by atoms with Crippen molar-refractivity contribution in [2.24, 2.45) is 0 Å². The number of anilines is 1. The summed E-state index contributed by atoms with van der Waals surface area (Å²) in [7, 11) is 1.29. The number of nitrogens with two attached hydrogens (primary N) is 1. The smallest absolute Gasteiger partial charge is 0.373 e. The number of benzene rings is 1. The summed E-state index contributed by atoms with van der Waals surface area (Å²) in [6.45, 7) is 1.90. The number of methoxy groups -OCH3 is 1. The van der Waals surface area contributed by atoms with Gasteiger partial charge in [-0.3, -0.25) is 0 Å². The second-order valence-corrected chi connectivity index (χ2v) is 5.55. The lowest BCUT2D eigenvalue weighted by Gasteiger charge is -2.09. The second-order valence-electron chi connectivity index (χ2n) is 4.14. The van der Waals surface area contributed by atoms with Crippen molar-refractivity contribution in [1.82, 2.24) is 0 Å². The summed E-state index contributed by atoms with van der Waals surface area (Å²) in [4.78, 5) is 12.0. The first kappa shape index (κ1) is 14.5. The Kier molecular flexibility index (Phi) is 4.34. The highest BCUT2D eigenvalue weighted by molar-refractivity contribution is 7.99. The molecule has 0 amide bonds. The van der Waals surface area contributed by atoms with Crippen LogP contribution >= 0.6 is 11.8 Å². The van der Waals surface area contributed by atoms with Gasteiger partial charge in [0.1, 0.15) is 11.6 Å². The van der Waals surface area contributed by atoms with Gasteiger partial charge in [0.05, 0.1) is 18.0 Å². The maximum Gasteiger partial charge on any atom is 0.373 e. The molecule has 0 saturated heterocycles. The summed E-state index contributed by atoms with van der Waals surface area (Å²) in [5.41, 5.74) is 5.55. The molecular formula is C14H14FNO3S. The summed E-state index contributed by atoms with van der Waals surface area (Å²) < 4.78 is 23.3. The Balaban J connectivity index is 2.11. The summed E-state index contributed by atoms with van der Waals surface area (Å²) in [5.74, 6) is -0.199. The van der Waals surface area contributed by atoms with Gasteiger partial charge in [-0.1, -0.05) is 0 Å². The van der Waals surface area contributed by atoms with E-state index < -0.39 is 11.8 Å². The van der Waals surface area contributed by atoms with Crippen molar-refractivity contribution < 1.29 is 18.3 Å². The van der Waals surface area contributed by atoms with Gasteiger partial charge in [-0.05, 0) is 37.3 Å². The lowest BCUT2D eigenvalue weighted by Crippen LogP contribution is -1.98. The van der Waals surface area contributed by atoms with Crippen LogP contribution in [0.5, 0.6) is 0 Å². The van der Waals surface area contributed by atoms with Crippen LogP contribution in [0.15, 0.2) is 39.6 Å². The maximum absolute atomic E-state index is 13.4. The zero-order valence-electron chi connectivity index (χ0n) is 11.1. The van der Waals surface area contributed by atoms with E-state index in [-0.39, 0.29) is 16.7 Å². The van der Waals surface area contributed by atoms with E-state index in [1.54, 1.807) is 18.2 Å². The highest BCUT2D eigenvalue weighted by Crippen LogP contribution is 2.36. The fraction of sp³-hybridized carbons (Fsp3) is 0.214. The molecule has 1 aromatic heterocycles. The largest absolute Gasteiger partial charge is 0.463 e. The molecule has 1 heterocycles. The highest BCUT2D eigenvalue weighted by Gasteiger charge is 2.16. The molecule has 106 valence electrons. The third-order valence-electron chi connectivity index (χ3n) is 2.70. The molecule has 0 saturated carbocycles. The van der Waals surface area contributed by atoms with E-state index in [2.05, 4.69) is 4.74 Å². The van der Waals surface area contributed by atoms with E-state index >= 15 is 0 Å². The Morgan fingerprint density at radius 2 is 2.15 bits per heavy atom. The molecule has 20 heavy (non-hydrogen) atoms. The molecule has 0 fully saturated rings. The molecule has 0 bridgehead atoms. The second kappa shape index (κ2) is 6.00. The third kappa shape index (κ3) is 3.14. The molecule has 4 nitrogen and oxygen atoms in total. The molecule has 0 aliphatic rings. The standard InChI is InChI=1S/C14H14FNO3S/c1-8(12-5-6-13(19-12)14(17)18-2)20-9-3-4-11(16)10(15)7-9/h3-8H,16H2,1-2H3. The number of hydrogen-bond donors (Lipinski definition) is 1. The van der Waals surface area contributed by atoms with Crippen LogP contribution in [0, 0.1) is 5.82 Å². The van der Waals surface area contributed by atoms with Crippen LogP contribution in [0.3, 0.4) is 0 Å². The molecule has 2 N–H and O–H groups in total. The first-order valence-corrected chi connectivity index (χ1v) is 6.79. The molecule has 0 spiro atoms. The summed E-state index contributed by atoms with van der Waals surface area (Å²) in [6, 6.07) is 7.90. The number of hydrogen-bond acceptors (Lipinski definition) is 5. The van der Waals surface area contributed by atoms with E-state index in [9.17, 15) is 9.18 Å². The first-order chi connectivity index (χ1) is 9.51. The van der Waals surface area contributed by atoms with Crippen molar-refractivity contribution in [3.05, 3.63) is 47.7 Å². The summed E-state index contributed by atoms with van der Waals surface area (Å²) >= 11 is 1.41. The van der Waals surface area contributed by atoms with Gasteiger partial charge in [-0.25, -0.2) is 9.18 Å². The zero-order valence-corrected chi connectivity index (χ0v) is 11.9. The molecular weight excluding hydrogens is 281 g/mol. The monoisotopic (exact) mass is 295 g/mol. The molecule has 1 aromatic carbocycles. The molecule has 0 aliphatic heterocycles.